The van der Waals surface area contributed by atoms with E-state index in [4.69, 9.17) is 9.47 Å². The second-order valence-corrected chi connectivity index (χ2v) is 12.6. The molecule has 256 valence electrons. The Balaban J connectivity index is 2.23. The quantitative estimate of drug-likeness (QED) is 0.0509. The summed E-state index contributed by atoms with van der Waals surface area (Å²) in [7, 11) is 0. The molecule has 1 saturated carbocycles. The molecule has 9 heteroatoms. The molecule has 1 rings (SSSR count). The van der Waals surface area contributed by atoms with Crippen LogP contribution >= 0.6 is 0 Å². The maximum absolute atomic E-state index is 12.6. The van der Waals surface area contributed by atoms with E-state index in [9.17, 15) is 34.8 Å². The van der Waals surface area contributed by atoms with Crippen LogP contribution in [-0.4, -0.2) is 75.8 Å². The number of aliphatic hydroxyl groups is 4. The van der Waals surface area contributed by atoms with Crippen molar-refractivity contribution < 1.29 is 44.3 Å². The van der Waals surface area contributed by atoms with Gasteiger partial charge < -0.3 is 29.9 Å². The van der Waals surface area contributed by atoms with Gasteiger partial charge in [0.1, 0.15) is 12.4 Å². The Labute approximate surface area is 265 Å². The second-order valence-electron chi connectivity index (χ2n) is 12.6. The van der Waals surface area contributed by atoms with Crippen LogP contribution in [0.5, 0.6) is 0 Å². The molecular weight excluding hydrogens is 564 g/mol. The molecular formula is C35H62O9. The van der Waals surface area contributed by atoms with Gasteiger partial charge in [-0.2, -0.15) is 0 Å². The zero-order chi connectivity index (χ0) is 32.6. The van der Waals surface area contributed by atoms with Gasteiger partial charge in [0.25, 0.3) is 0 Å². The van der Waals surface area contributed by atoms with Crippen LogP contribution in [0.4, 0.5) is 0 Å². The first-order valence-electron chi connectivity index (χ1n) is 17.4. The van der Waals surface area contributed by atoms with Gasteiger partial charge in [0.15, 0.2) is 6.10 Å². The Hall–Kier alpha value is -1.81. The van der Waals surface area contributed by atoms with Crippen molar-refractivity contribution in [3.8, 4) is 0 Å². The number of aliphatic hydroxyl groups excluding tert-OH is 4. The fourth-order valence-electron chi connectivity index (χ4n) is 5.78. The lowest BCUT2D eigenvalue weighted by atomic mass is 9.87. The van der Waals surface area contributed by atoms with Gasteiger partial charge in [-0.15, -0.1) is 0 Å². The third-order valence-corrected chi connectivity index (χ3v) is 8.54. The number of hydrogen-bond acceptors (Lipinski definition) is 9. The van der Waals surface area contributed by atoms with Crippen molar-refractivity contribution in [2.24, 2.45) is 11.8 Å². The van der Waals surface area contributed by atoms with Crippen LogP contribution < -0.4 is 0 Å². The zero-order valence-electron chi connectivity index (χ0n) is 27.5. The van der Waals surface area contributed by atoms with Crippen LogP contribution in [0.15, 0.2) is 12.2 Å². The number of esters is 2. The van der Waals surface area contributed by atoms with Crippen molar-refractivity contribution in [3.05, 3.63) is 12.2 Å². The van der Waals surface area contributed by atoms with Crippen molar-refractivity contribution in [1.82, 2.24) is 0 Å². The second kappa shape index (κ2) is 25.4. The molecule has 0 saturated heterocycles. The summed E-state index contributed by atoms with van der Waals surface area (Å²) in [4.78, 5) is 36.9. The van der Waals surface area contributed by atoms with Gasteiger partial charge in [0.2, 0.25) is 0 Å². The van der Waals surface area contributed by atoms with Crippen molar-refractivity contribution >= 4 is 17.7 Å². The van der Waals surface area contributed by atoms with Crippen LogP contribution in [0.2, 0.25) is 0 Å². The summed E-state index contributed by atoms with van der Waals surface area (Å²) >= 11 is 0. The van der Waals surface area contributed by atoms with Crippen LogP contribution in [0.1, 0.15) is 142 Å². The molecule has 0 aromatic rings. The molecule has 44 heavy (non-hydrogen) atoms. The number of carbonyl (C=O) groups excluding carboxylic acids is 3. The number of rotatable bonds is 27. The minimum absolute atomic E-state index is 0.0438. The van der Waals surface area contributed by atoms with E-state index in [2.05, 4.69) is 13.8 Å². The van der Waals surface area contributed by atoms with Gasteiger partial charge in [-0.05, 0) is 25.7 Å². The number of unbranched alkanes of at least 4 members (excludes halogenated alkanes) is 11. The minimum atomic E-state index is -0.890. The summed E-state index contributed by atoms with van der Waals surface area (Å²) in [5.41, 5.74) is 0. The minimum Gasteiger partial charge on any atom is -0.462 e. The van der Waals surface area contributed by atoms with Crippen molar-refractivity contribution in [2.75, 3.05) is 13.2 Å². The lowest BCUT2D eigenvalue weighted by Gasteiger charge is -2.20. The predicted octanol–water partition coefficient (Wildman–Crippen LogP) is 5.73. The number of hydrogen-bond donors (Lipinski definition) is 4. The number of ether oxygens (including phenoxy) is 2. The van der Waals surface area contributed by atoms with Gasteiger partial charge in [-0.1, -0.05) is 96.6 Å². The summed E-state index contributed by atoms with van der Waals surface area (Å²) in [6.07, 6.45) is 16.3. The molecule has 1 fully saturated rings. The van der Waals surface area contributed by atoms with E-state index in [0.717, 1.165) is 38.5 Å². The molecule has 0 spiro atoms. The highest BCUT2D eigenvalue weighted by Crippen LogP contribution is 2.36. The first-order valence-corrected chi connectivity index (χ1v) is 17.4. The van der Waals surface area contributed by atoms with Crippen molar-refractivity contribution in [3.63, 3.8) is 0 Å². The fraction of sp³-hybridized carbons (Fsp3) is 0.857. The Kier molecular flexibility index (Phi) is 23.2. The first kappa shape index (κ1) is 40.2. The Morgan fingerprint density at radius 2 is 1.34 bits per heavy atom. The molecule has 0 aliphatic heterocycles. The van der Waals surface area contributed by atoms with E-state index < -0.39 is 48.9 Å². The summed E-state index contributed by atoms with van der Waals surface area (Å²) < 4.78 is 10.4. The van der Waals surface area contributed by atoms with Gasteiger partial charge in [0, 0.05) is 43.9 Å². The standard InChI is InChI=1S/C35H62O9/c1-3-5-7-8-9-10-11-12-14-20-35(42)44-29(25-36)26-43-34(41)19-16-15-18-28(38)23-31-30(32(39)24-33(31)40)22-21-27(37)17-13-6-4-2/h21-22,27,29-33,36-37,39-40H,3-20,23-26H2,1-2H3/b22-21+/t27-,29-,30+,31+,32+,33-/m0/s1. The molecule has 4 N–H and O–H groups in total. The molecule has 0 aromatic heterocycles. The third-order valence-electron chi connectivity index (χ3n) is 8.54. The lowest BCUT2D eigenvalue weighted by molar-refractivity contribution is -0.161. The lowest BCUT2D eigenvalue weighted by Crippen LogP contribution is -2.28. The Bertz CT molecular complexity index is 799. The molecule has 6 atom stereocenters. The van der Waals surface area contributed by atoms with Crippen LogP contribution in [-0.2, 0) is 23.9 Å². The van der Waals surface area contributed by atoms with Gasteiger partial charge >= 0.3 is 11.9 Å². The van der Waals surface area contributed by atoms with Crippen molar-refractivity contribution in [2.45, 2.75) is 167 Å². The van der Waals surface area contributed by atoms with Crippen LogP contribution in [0.25, 0.3) is 0 Å². The maximum atomic E-state index is 12.6. The molecule has 0 unspecified atom stereocenters. The summed E-state index contributed by atoms with van der Waals surface area (Å²) in [5, 5.41) is 40.5. The van der Waals surface area contributed by atoms with Gasteiger partial charge in [0.05, 0.1) is 24.9 Å². The smallest absolute Gasteiger partial charge is 0.306 e. The normalized spacial score (nSPS) is 21.4. The number of Topliss-reactive ketones (excluding diaryl/α,β-unsaturated/α-hetero) is 1. The summed E-state index contributed by atoms with van der Waals surface area (Å²) in [5.74, 6) is -1.72. The largest absolute Gasteiger partial charge is 0.462 e. The average molecular weight is 627 g/mol. The molecule has 0 aromatic carbocycles. The van der Waals surface area contributed by atoms with E-state index >= 15 is 0 Å². The molecule has 0 heterocycles. The van der Waals surface area contributed by atoms with Crippen LogP contribution in [0.3, 0.4) is 0 Å². The molecule has 0 radical (unpaired) electrons. The molecule has 9 nitrogen and oxygen atoms in total. The molecule has 0 bridgehead atoms. The fourth-order valence-corrected chi connectivity index (χ4v) is 5.78. The highest BCUT2D eigenvalue weighted by Gasteiger charge is 2.41. The van der Waals surface area contributed by atoms with E-state index in [1.165, 1.54) is 38.5 Å². The highest BCUT2D eigenvalue weighted by atomic mass is 16.6. The monoisotopic (exact) mass is 626 g/mol. The molecule has 0 amide bonds. The van der Waals surface area contributed by atoms with E-state index in [-0.39, 0.29) is 50.4 Å². The summed E-state index contributed by atoms with van der Waals surface area (Å²) in [6, 6.07) is 0. The Morgan fingerprint density at radius 3 is 2.00 bits per heavy atom. The summed E-state index contributed by atoms with van der Waals surface area (Å²) in [6.45, 7) is 3.67. The predicted molar refractivity (Wildman–Crippen MR) is 171 cm³/mol. The first-order chi connectivity index (χ1) is 21.2. The Morgan fingerprint density at radius 1 is 0.773 bits per heavy atom. The van der Waals surface area contributed by atoms with E-state index in [1.807, 2.05) is 0 Å². The number of ketones is 1. The third kappa shape index (κ3) is 18.9. The van der Waals surface area contributed by atoms with Gasteiger partial charge in [-0.3, -0.25) is 14.4 Å². The topological polar surface area (TPSA) is 151 Å². The maximum Gasteiger partial charge on any atom is 0.306 e. The van der Waals surface area contributed by atoms with Gasteiger partial charge in [-0.25, -0.2) is 0 Å². The highest BCUT2D eigenvalue weighted by molar-refractivity contribution is 5.79. The van der Waals surface area contributed by atoms with E-state index in [0.29, 0.717) is 19.3 Å². The SMILES string of the molecule is CCCCCCCCCCCC(=O)O[C@@H](CO)COC(=O)CCCCC(=O)C[C@@H]1[C@@H](/C=C/[C@@H](O)CCCCC)[C@H](O)C[C@@H]1O. The van der Waals surface area contributed by atoms with Crippen LogP contribution in [0, 0.1) is 11.8 Å². The average Bonchev–Trinajstić information content (AvgIpc) is 3.26. The number of carbonyl (C=O) groups is 3. The molecule has 1 aliphatic rings. The van der Waals surface area contributed by atoms with E-state index in [1.54, 1.807) is 12.2 Å². The molecule has 1 aliphatic carbocycles. The zero-order valence-corrected chi connectivity index (χ0v) is 27.5. The van der Waals surface area contributed by atoms with Crippen molar-refractivity contribution in [1.29, 1.82) is 0 Å².